The first-order valence-electron chi connectivity index (χ1n) is 13.0. The molecule has 4 rings (SSSR count). The van der Waals surface area contributed by atoms with Gasteiger partial charge in [0, 0.05) is 50.3 Å². The predicted octanol–water partition coefficient (Wildman–Crippen LogP) is 6.92. The average Bonchev–Trinajstić information content (AvgIpc) is 2.93. The summed E-state index contributed by atoms with van der Waals surface area (Å²) in [6.45, 7) is 2.11. The Kier molecular flexibility index (Phi) is 9.45. The van der Waals surface area contributed by atoms with E-state index in [1.807, 2.05) is 4.90 Å². The molecule has 1 heterocycles. The van der Waals surface area contributed by atoms with Crippen LogP contribution >= 0.6 is 11.6 Å². The molecule has 1 aliphatic heterocycles. The quantitative estimate of drug-likeness (QED) is 0.194. The molecule has 0 saturated carbocycles. The number of carbonyl (C=O) groups is 1. The second-order valence-electron chi connectivity index (χ2n) is 9.81. The summed E-state index contributed by atoms with van der Waals surface area (Å²) in [6.07, 6.45) is -7.19. The minimum absolute atomic E-state index is 0.112. The van der Waals surface area contributed by atoms with Gasteiger partial charge >= 0.3 is 12.5 Å². The molecule has 0 aromatic heterocycles. The Morgan fingerprint density at radius 2 is 1.68 bits per heavy atom. The largest absolute Gasteiger partial charge is 0.573 e. The fourth-order valence-electron chi connectivity index (χ4n) is 4.57. The molecule has 0 atom stereocenters. The number of carbonyl (C=O) groups excluding carboxylic acids is 1. The number of benzene rings is 3. The number of amides is 1. The van der Waals surface area contributed by atoms with E-state index in [1.165, 1.54) is 42.2 Å². The number of ether oxygens (including phenoxy) is 1. The minimum atomic E-state index is -5.04. The summed E-state index contributed by atoms with van der Waals surface area (Å²) in [7, 11) is -2.83. The number of sulfonamides is 1. The molecule has 7 nitrogen and oxygen atoms in total. The minimum Gasteiger partial charge on any atom is -0.406 e. The third kappa shape index (κ3) is 7.59. The molecular formula is C29H26ClF6N3O4S. The zero-order chi connectivity index (χ0) is 32.4. The van der Waals surface area contributed by atoms with Gasteiger partial charge in [-0.05, 0) is 42.0 Å². The average molecular weight is 662 g/mol. The van der Waals surface area contributed by atoms with Gasteiger partial charge in [0.15, 0.2) is 0 Å². The molecule has 1 aliphatic rings. The van der Waals surface area contributed by atoms with Crippen molar-refractivity contribution in [3.8, 4) is 5.75 Å². The van der Waals surface area contributed by atoms with Gasteiger partial charge < -0.3 is 14.5 Å². The molecule has 0 N–H and O–H groups in total. The Bertz CT molecular complexity index is 1680. The first kappa shape index (κ1) is 33.0. The van der Waals surface area contributed by atoms with Crippen LogP contribution in [0.5, 0.6) is 5.75 Å². The molecule has 0 spiro atoms. The lowest BCUT2D eigenvalue weighted by Gasteiger charge is -2.39. The summed E-state index contributed by atoms with van der Waals surface area (Å²) < 4.78 is 112. The summed E-state index contributed by atoms with van der Waals surface area (Å²) in [5, 5.41) is -0.139. The van der Waals surface area contributed by atoms with Crippen LogP contribution in [0.4, 0.5) is 37.7 Å². The van der Waals surface area contributed by atoms with E-state index in [0.29, 0.717) is 24.3 Å². The zero-order valence-corrected chi connectivity index (χ0v) is 24.9. The van der Waals surface area contributed by atoms with Crippen molar-refractivity contribution in [2.24, 2.45) is 0 Å². The van der Waals surface area contributed by atoms with Gasteiger partial charge in [0.25, 0.3) is 10.0 Å². The molecule has 1 amide bonds. The molecule has 44 heavy (non-hydrogen) atoms. The molecule has 0 unspecified atom stereocenters. The van der Waals surface area contributed by atoms with E-state index >= 15 is 0 Å². The smallest absolute Gasteiger partial charge is 0.406 e. The highest BCUT2D eigenvalue weighted by Gasteiger charge is 2.35. The molecule has 0 fully saturated rings. The lowest BCUT2D eigenvalue weighted by molar-refractivity contribution is -0.274. The van der Waals surface area contributed by atoms with Crippen LogP contribution in [0.1, 0.15) is 23.6 Å². The first-order chi connectivity index (χ1) is 20.5. The van der Waals surface area contributed by atoms with E-state index in [1.54, 1.807) is 19.2 Å². The number of fused-ring (bicyclic) bond motifs is 1. The second kappa shape index (κ2) is 12.6. The summed E-state index contributed by atoms with van der Waals surface area (Å²) in [5.41, 5.74) is -0.329. The van der Waals surface area contributed by atoms with Gasteiger partial charge in [-0.2, -0.15) is 13.2 Å². The highest BCUT2D eigenvalue weighted by atomic mass is 35.5. The third-order valence-electron chi connectivity index (χ3n) is 6.85. The maximum absolute atomic E-state index is 13.8. The van der Waals surface area contributed by atoms with Crippen molar-refractivity contribution < 1.29 is 44.3 Å². The van der Waals surface area contributed by atoms with Crippen LogP contribution < -0.4 is 13.9 Å². The van der Waals surface area contributed by atoms with Crippen molar-refractivity contribution in [3.05, 3.63) is 82.4 Å². The Morgan fingerprint density at radius 3 is 2.34 bits per heavy atom. The molecule has 3 aromatic rings. The van der Waals surface area contributed by atoms with E-state index in [9.17, 15) is 39.6 Å². The number of alkyl halides is 6. The van der Waals surface area contributed by atoms with E-state index in [0.717, 1.165) is 34.6 Å². The number of halogens is 7. The van der Waals surface area contributed by atoms with E-state index in [4.69, 9.17) is 11.6 Å². The van der Waals surface area contributed by atoms with Gasteiger partial charge in [0.05, 0.1) is 28.4 Å². The third-order valence-corrected chi connectivity index (χ3v) is 8.99. The fourth-order valence-corrected chi connectivity index (χ4v) is 6.30. The maximum Gasteiger partial charge on any atom is 0.573 e. The Labute approximate surface area is 254 Å². The van der Waals surface area contributed by atoms with Crippen molar-refractivity contribution in [3.63, 3.8) is 0 Å². The van der Waals surface area contributed by atoms with Crippen LogP contribution in [-0.2, 0) is 21.0 Å². The van der Waals surface area contributed by atoms with Gasteiger partial charge in [0.2, 0.25) is 5.91 Å². The highest BCUT2D eigenvalue weighted by molar-refractivity contribution is 7.92. The van der Waals surface area contributed by atoms with Crippen LogP contribution in [0, 0.1) is 0 Å². The highest BCUT2D eigenvalue weighted by Crippen LogP contribution is 2.39. The SMILES string of the molecule is CC(=O)N(C)CCN1CCN(S(=O)(=O)c2cccc(OC(F)(F)F)c2)c2cc(/C=C/c3c(Cl)cccc3C(F)(F)F)ccc21. The normalized spacial score (nSPS) is 14.1. The molecule has 0 bridgehead atoms. The Balaban J connectivity index is 1.77. The van der Waals surface area contributed by atoms with Gasteiger partial charge in [-0.25, -0.2) is 8.42 Å². The molecule has 236 valence electrons. The number of hydrogen-bond acceptors (Lipinski definition) is 5. The number of rotatable bonds is 8. The number of anilines is 2. The topological polar surface area (TPSA) is 70.2 Å². The number of likely N-dealkylation sites (N-methyl/N-ethyl adjacent to an activating group) is 1. The van der Waals surface area contributed by atoms with E-state index in [2.05, 4.69) is 4.74 Å². The van der Waals surface area contributed by atoms with E-state index < -0.39 is 38.8 Å². The fraction of sp³-hybridized carbons (Fsp3) is 0.276. The van der Waals surface area contributed by atoms with Crippen LogP contribution in [0.25, 0.3) is 12.2 Å². The Hall–Kier alpha value is -3.91. The monoisotopic (exact) mass is 661 g/mol. The van der Waals surface area contributed by atoms with Crippen LogP contribution in [0.2, 0.25) is 5.02 Å². The number of hydrogen-bond donors (Lipinski definition) is 0. The van der Waals surface area contributed by atoms with Crippen molar-refractivity contribution in [2.75, 3.05) is 42.4 Å². The van der Waals surface area contributed by atoms with Gasteiger partial charge in [-0.15, -0.1) is 13.2 Å². The number of nitrogens with zero attached hydrogens (tertiary/aromatic N) is 3. The lowest BCUT2D eigenvalue weighted by atomic mass is 10.0. The van der Waals surface area contributed by atoms with Crippen LogP contribution in [0.15, 0.2) is 65.6 Å². The summed E-state index contributed by atoms with van der Waals surface area (Å²) >= 11 is 6.07. The van der Waals surface area contributed by atoms with Crippen molar-refractivity contribution in [1.82, 2.24) is 4.90 Å². The van der Waals surface area contributed by atoms with Crippen molar-refractivity contribution in [2.45, 2.75) is 24.4 Å². The van der Waals surface area contributed by atoms with Gasteiger partial charge in [-0.1, -0.05) is 42.0 Å². The zero-order valence-electron chi connectivity index (χ0n) is 23.3. The van der Waals surface area contributed by atoms with Crippen molar-refractivity contribution >= 4 is 51.1 Å². The van der Waals surface area contributed by atoms with Gasteiger partial charge in [-0.3, -0.25) is 9.10 Å². The van der Waals surface area contributed by atoms with Crippen LogP contribution in [0.3, 0.4) is 0 Å². The standard InChI is InChI=1S/C29H26ClF6N3O4S/c1-19(40)37(2)13-14-38-15-16-39(44(41,42)22-6-3-5-21(18-22)43-29(34,35)36)27-17-20(10-12-26(27)38)9-11-23-24(28(31,32)33)7-4-8-25(23)30/h3-12,17-18H,13-16H2,1-2H3/b11-9+. The second-order valence-corrected chi connectivity index (χ2v) is 12.1. The molecule has 3 aromatic carbocycles. The summed E-state index contributed by atoms with van der Waals surface area (Å²) in [6, 6.07) is 12.0. The van der Waals surface area contributed by atoms with Gasteiger partial charge in [0.1, 0.15) is 5.75 Å². The predicted molar refractivity (Wildman–Crippen MR) is 155 cm³/mol. The maximum atomic E-state index is 13.8. The first-order valence-corrected chi connectivity index (χ1v) is 14.8. The van der Waals surface area contributed by atoms with E-state index in [-0.39, 0.29) is 35.3 Å². The summed E-state index contributed by atoms with van der Waals surface area (Å²) in [5.74, 6) is -0.896. The molecule has 0 aliphatic carbocycles. The van der Waals surface area contributed by atoms with Crippen LogP contribution in [-0.4, -0.2) is 58.8 Å². The molecular weight excluding hydrogens is 636 g/mol. The molecule has 15 heteroatoms. The lowest BCUT2D eigenvalue weighted by Crippen LogP contribution is -2.46. The Morgan fingerprint density at radius 1 is 0.977 bits per heavy atom. The summed E-state index contributed by atoms with van der Waals surface area (Å²) in [4.78, 5) is 14.6. The molecule has 0 saturated heterocycles. The van der Waals surface area contributed by atoms with Crippen molar-refractivity contribution in [1.29, 1.82) is 0 Å². The molecule has 0 radical (unpaired) electrons.